The lowest BCUT2D eigenvalue weighted by atomic mass is 9.56. The minimum absolute atomic E-state index is 0.0733. The molecule has 1 aliphatic heterocycles. The van der Waals surface area contributed by atoms with Gasteiger partial charge in [-0.15, -0.1) is 6.58 Å². The highest BCUT2D eigenvalue weighted by Gasteiger charge is 2.53. The zero-order valence-corrected chi connectivity index (χ0v) is 12.3. The van der Waals surface area contributed by atoms with Crippen molar-refractivity contribution in [3.8, 4) is 0 Å². The zero-order valence-electron chi connectivity index (χ0n) is 12.3. The fourth-order valence-electron chi connectivity index (χ4n) is 3.75. The van der Waals surface area contributed by atoms with Gasteiger partial charge in [-0.1, -0.05) is 31.6 Å². The van der Waals surface area contributed by atoms with Crippen molar-refractivity contribution in [2.45, 2.75) is 33.8 Å². The van der Waals surface area contributed by atoms with Crippen molar-refractivity contribution in [1.82, 2.24) is 0 Å². The average molecular weight is 264 g/mol. The summed E-state index contributed by atoms with van der Waals surface area (Å²) in [7, 11) is 0. The number of allylic oxidation sites excluding steroid dienone is 1. The molecular weight excluding hydrogens is 240 g/mol. The molecule has 0 aromatic heterocycles. The Labute approximate surface area is 115 Å². The lowest BCUT2D eigenvalue weighted by Crippen LogP contribution is -2.56. The van der Waals surface area contributed by atoms with Crippen LogP contribution >= 0.6 is 0 Å². The molecule has 3 nitrogen and oxygen atoms in total. The first kappa shape index (κ1) is 14.3. The van der Waals surface area contributed by atoms with Crippen LogP contribution in [0.4, 0.5) is 0 Å². The monoisotopic (exact) mass is 264 g/mol. The van der Waals surface area contributed by atoms with Crippen LogP contribution in [0.25, 0.3) is 0 Å². The van der Waals surface area contributed by atoms with Gasteiger partial charge in [-0.25, -0.2) is 0 Å². The number of hydrogen-bond donors (Lipinski definition) is 0. The van der Waals surface area contributed by atoms with E-state index in [1.54, 1.807) is 0 Å². The maximum absolute atomic E-state index is 11.1. The molecule has 3 heteroatoms. The Bertz CT molecular complexity index is 412. The quantitative estimate of drug-likeness (QED) is 0.580. The Morgan fingerprint density at radius 2 is 2.32 bits per heavy atom. The van der Waals surface area contributed by atoms with E-state index < -0.39 is 0 Å². The maximum atomic E-state index is 11.1. The largest absolute Gasteiger partial charge is 0.465 e. The molecule has 1 aliphatic carbocycles. The van der Waals surface area contributed by atoms with Crippen LogP contribution in [0.15, 0.2) is 24.3 Å². The summed E-state index contributed by atoms with van der Waals surface area (Å²) in [5.74, 6) is 0.896. The van der Waals surface area contributed by atoms with Gasteiger partial charge in [0.1, 0.15) is 0 Å². The van der Waals surface area contributed by atoms with E-state index in [1.165, 1.54) is 12.5 Å². The van der Waals surface area contributed by atoms with E-state index in [-0.39, 0.29) is 17.5 Å². The van der Waals surface area contributed by atoms with Crippen molar-refractivity contribution in [2.75, 3.05) is 13.2 Å². The number of rotatable bonds is 3. The molecule has 0 aromatic rings. The summed E-state index contributed by atoms with van der Waals surface area (Å²) in [5, 5.41) is 0. The van der Waals surface area contributed by atoms with Crippen LogP contribution in [-0.2, 0) is 14.3 Å². The Balaban J connectivity index is 2.33. The number of carbonyl (C=O) groups excluding carboxylic acids is 1. The van der Waals surface area contributed by atoms with E-state index in [2.05, 4.69) is 33.4 Å². The van der Waals surface area contributed by atoms with Crippen molar-refractivity contribution in [3.05, 3.63) is 24.3 Å². The lowest BCUT2D eigenvalue weighted by molar-refractivity contribution is -0.171. The third-order valence-corrected chi connectivity index (χ3v) is 5.07. The highest BCUT2D eigenvalue weighted by atomic mass is 16.5. The van der Waals surface area contributed by atoms with Gasteiger partial charge >= 0.3 is 5.97 Å². The molecule has 1 saturated heterocycles. The molecule has 1 fully saturated rings. The van der Waals surface area contributed by atoms with Gasteiger partial charge in [0, 0.05) is 18.3 Å². The predicted octanol–water partition coefficient (Wildman–Crippen LogP) is 2.97. The highest BCUT2D eigenvalue weighted by molar-refractivity contribution is 5.65. The lowest BCUT2D eigenvalue weighted by Gasteiger charge is -2.54. The second-order valence-electron chi connectivity index (χ2n) is 6.04. The SMILES string of the molecule is C=CC1OCC2(COC(C)=O)C(C)C=C(C)C1[C@@H]2C. The summed E-state index contributed by atoms with van der Waals surface area (Å²) in [6, 6.07) is 0. The first-order chi connectivity index (χ1) is 8.92. The van der Waals surface area contributed by atoms with E-state index in [1.807, 2.05) is 6.08 Å². The van der Waals surface area contributed by atoms with E-state index in [0.29, 0.717) is 31.0 Å². The van der Waals surface area contributed by atoms with E-state index >= 15 is 0 Å². The summed E-state index contributed by atoms with van der Waals surface area (Å²) in [6.45, 7) is 13.0. The average Bonchev–Trinajstić information content (AvgIpc) is 2.34. The van der Waals surface area contributed by atoms with E-state index in [9.17, 15) is 4.79 Å². The smallest absolute Gasteiger partial charge is 0.302 e. The van der Waals surface area contributed by atoms with Crippen molar-refractivity contribution in [3.63, 3.8) is 0 Å². The first-order valence-electron chi connectivity index (χ1n) is 6.98. The van der Waals surface area contributed by atoms with Gasteiger partial charge in [0.2, 0.25) is 0 Å². The molecular formula is C16H24O3. The predicted molar refractivity (Wildman–Crippen MR) is 74.6 cm³/mol. The molecule has 2 rings (SSSR count). The van der Waals surface area contributed by atoms with Gasteiger partial charge in [-0.2, -0.15) is 0 Å². The zero-order chi connectivity index (χ0) is 14.2. The van der Waals surface area contributed by atoms with Crippen LogP contribution in [-0.4, -0.2) is 25.3 Å². The van der Waals surface area contributed by atoms with Gasteiger partial charge in [0.25, 0.3) is 0 Å². The summed E-state index contributed by atoms with van der Waals surface area (Å²) < 4.78 is 11.3. The van der Waals surface area contributed by atoms with Crippen molar-refractivity contribution in [2.24, 2.45) is 23.2 Å². The Morgan fingerprint density at radius 3 is 2.89 bits per heavy atom. The summed E-state index contributed by atoms with van der Waals surface area (Å²) >= 11 is 0. The number of hydrogen-bond acceptors (Lipinski definition) is 3. The molecule has 0 N–H and O–H groups in total. The summed E-state index contributed by atoms with van der Waals surface area (Å²) in [4.78, 5) is 11.1. The minimum atomic E-state index is -0.220. The van der Waals surface area contributed by atoms with Crippen molar-refractivity contribution >= 4 is 5.97 Å². The van der Waals surface area contributed by atoms with Gasteiger partial charge in [-0.05, 0) is 18.8 Å². The Kier molecular flexibility index (Phi) is 3.86. The molecule has 4 unspecified atom stereocenters. The summed E-state index contributed by atoms with van der Waals surface area (Å²) in [6.07, 6.45) is 4.28. The molecule has 0 spiro atoms. The topological polar surface area (TPSA) is 35.5 Å². The molecule has 19 heavy (non-hydrogen) atoms. The number of esters is 1. The minimum Gasteiger partial charge on any atom is -0.465 e. The normalized spacial score (nSPS) is 41.4. The number of ether oxygens (including phenoxy) is 2. The molecule has 0 saturated carbocycles. The maximum Gasteiger partial charge on any atom is 0.302 e. The molecule has 2 bridgehead atoms. The van der Waals surface area contributed by atoms with Crippen LogP contribution in [0.5, 0.6) is 0 Å². The van der Waals surface area contributed by atoms with Crippen LogP contribution in [0.3, 0.4) is 0 Å². The molecule has 0 radical (unpaired) electrons. The third-order valence-electron chi connectivity index (χ3n) is 5.07. The Hall–Kier alpha value is -1.09. The Morgan fingerprint density at radius 1 is 1.63 bits per heavy atom. The summed E-state index contributed by atoms with van der Waals surface area (Å²) in [5.41, 5.74) is 1.26. The van der Waals surface area contributed by atoms with Gasteiger partial charge < -0.3 is 9.47 Å². The van der Waals surface area contributed by atoms with E-state index in [4.69, 9.17) is 9.47 Å². The third kappa shape index (κ3) is 2.25. The van der Waals surface area contributed by atoms with Gasteiger partial charge in [0.05, 0.1) is 19.3 Å². The molecule has 2 aliphatic rings. The van der Waals surface area contributed by atoms with Crippen molar-refractivity contribution in [1.29, 1.82) is 0 Å². The van der Waals surface area contributed by atoms with Crippen LogP contribution in [0.1, 0.15) is 27.7 Å². The standard InChI is InChI=1S/C16H24O3/c1-6-14-15-10(2)7-11(3)16(9-19-14,12(15)4)8-18-13(5)17/h6-7,11-12,14-15H,1,8-9H2,2-5H3/t11?,12-,14?,15?,16?/m0/s1. The van der Waals surface area contributed by atoms with Crippen LogP contribution < -0.4 is 0 Å². The molecule has 0 aromatic carbocycles. The van der Waals surface area contributed by atoms with Crippen LogP contribution in [0, 0.1) is 23.2 Å². The van der Waals surface area contributed by atoms with Crippen LogP contribution in [0.2, 0.25) is 0 Å². The second-order valence-corrected chi connectivity index (χ2v) is 6.04. The number of carbonyl (C=O) groups is 1. The fourth-order valence-corrected chi connectivity index (χ4v) is 3.75. The highest BCUT2D eigenvalue weighted by Crippen LogP contribution is 2.52. The van der Waals surface area contributed by atoms with E-state index in [0.717, 1.165) is 0 Å². The van der Waals surface area contributed by atoms with Gasteiger partial charge in [-0.3, -0.25) is 4.79 Å². The van der Waals surface area contributed by atoms with Gasteiger partial charge in [0.15, 0.2) is 0 Å². The molecule has 0 amide bonds. The fraction of sp³-hybridized carbons (Fsp3) is 0.688. The molecule has 106 valence electrons. The first-order valence-corrected chi connectivity index (χ1v) is 6.98. The molecule has 5 atom stereocenters. The second kappa shape index (κ2) is 5.12. The van der Waals surface area contributed by atoms with Crippen molar-refractivity contribution < 1.29 is 14.3 Å². The number of fused-ring (bicyclic) bond motifs is 2. The molecule has 1 heterocycles.